The van der Waals surface area contributed by atoms with Crippen LogP contribution in [-0.2, 0) is 23.9 Å². The summed E-state index contributed by atoms with van der Waals surface area (Å²) in [7, 11) is 2.41. The first-order valence-electron chi connectivity index (χ1n) is 7.70. The smallest absolute Gasteiger partial charge is 0.316 e. The van der Waals surface area contributed by atoms with Gasteiger partial charge in [-0.3, -0.25) is 14.4 Å². The number of Topliss-reactive ketones (excluding diaryl/α,β-unsaturated/α-hetero) is 1. The molecule has 2 rings (SSSR count). The molecule has 130 valence electrons. The molecule has 0 unspecified atom stereocenters. The molecule has 0 spiro atoms. The van der Waals surface area contributed by atoms with Crippen molar-refractivity contribution in [1.29, 1.82) is 0 Å². The van der Waals surface area contributed by atoms with Crippen LogP contribution in [0, 0.1) is 18.8 Å². The fourth-order valence-corrected chi connectivity index (χ4v) is 3.46. The SMILES string of the molecule is COC(=O)[C@H]1C(=O)C[C@@](C)(O)[C@H](C(=O)OC)[C@@H]1c1ccc(C)cc1. The Balaban J connectivity index is 2.63. The molecule has 1 N–H and O–H groups in total. The van der Waals surface area contributed by atoms with Crippen LogP contribution in [0.2, 0.25) is 0 Å². The quantitative estimate of drug-likeness (QED) is 0.663. The van der Waals surface area contributed by atoms with Crippen LogP contribution >= 0.6 is 0 Å². The molecule has 6 nitrogen and oxygen atoms in total. The van der Waals surface area contributed by atoms with Gasteiger partial charge in [-0.15, -0.1) is 0 Å². The van der Waals surface area contributed by atoms with E-state index in [-0.39, 0.29) is 6.42 Å². The van der Waals surface area contributed by atoms with E-state index in [9.17, 15) is 19.5 Å². The number of esters is 2. The van der Waals surface area contributed by atoms with E-state index in [1.807, 2.05) is 19.1 Å². The molecule has 4 atom stereocenters. The van der Waals surface area contributed by atoms with E-state index in [0.717, 1.165) is 5.56 Å². The van der Waals surface area contributed by atoms with Crippen LogP contribution in [-0.4, -0.2) is 42.6 Å². The zero-order valence-electron chi connectivity index (χ0n) is 14.2. The highest BCUT2D eigenvalue weighted by Gasteiger charge is 2.56. The normalized spacial score (nSPS) is 29.9. The number of methoxy groups -OCH3 is 2. The molecular weight excluding hydrogens is 312 g/mol. The number of rotatable bonds is 3. The molecule has 1 aromatic rings. The molecule has 0 bridgehead atoms. The summed E-state index contributed by atoms with van der Waals surface area (Å²) in [6.45, 7) is 3.32. The Kier molecular flexibility index (Phi) is 5.08. The number of benzene rings is 1. The van der Waals surface area contributed by atoms with Gasteiger partial charge >= 0.3 is 11.9 Å². The number of carbonyl (C=O) groups is 3. The van der Waals surface area contributed by atoms with Gasteiger partial charge in [0.2, 0.25) is 0 Å². The van der Waals surface area contributed by atoms with Crippen molar-refractivity contribution in [3.8, 4) is 0 Å². The lowest BCUT2D eigenvalue weighted by Gasteiger charge is -2.43. The van der Waals surface area contributed by atoms with Gasteiger partial charge in [-0.25, -0.2) is 0 Å². The second-order valence-corrected chi connectivity index (χ2v) is 6.44. The Hall–Kier alpha value is -2.21. The average Bonchev–Trinajstić information content (AvgIpc) is 2.53. The third-order valence-electron chi connectivity index (χ3n) is 4.64. The van der Waals surface area contributed by atoms with E-state index in [1.165, 1.54) is 21.1 Å². The third kappa shape index (κ3) is 3.19. The molecule has 1 aromatic carbocycles. The number of hydrogen-bond acceptors (Lipinski definition) is 6. The molecule has 1 fully saturated rings. The molecule has 1 aliphatic rings. The number of carbonyl (C=O) groups excluding carboxylic acids is 3. The van der Waals surface area contributed by atoms with Gasteiger partial charge in [-0.1, -0.05) is 29.8 Å². The van der Waals surface area contributed by atoms with Gasteiger partial charge < -0.3 is 14.6 Å². The molecule has 24 heavy (non-hydrogen) atoms. The summed E-state index contributed by atoms with van der Waals surface area (Å²) >= 11 is 0. The number of aryl methyl sites for hydroxylation is 1. The van der Waals surface area contributed by atoms with Crippen molar-refractivity contribution in [2.75, 3.05) is 14.2 Å². The van der Waals surface area contributed by atoms with Crippen LogP contribution in [0.5, 0.6) is 0 Å². The molecule has 6 heteroatoms. The van der Waals surface area contributed by atoms with Gasteiger partial charge in [-0.2, -0.15) is 0 Å². The van der Waals surface area contributed by atoms with E-state index in [2.05, 4.69) is 0 Å². The van der Waals surface area contributed by atoms with Crippen LogP contribution in [0.15, 0.2) is 24.3 Å². The largest absolute Gasteiger partial charge is 0.469 e. The summed E-state index contributed by atoms with van der Waals surface area (Å²) in [6.07, 6.45) is -0.311. The molecule has 0 radical (unpaired) electrons. The number of ether oxygens (including phenoxy) is 2. The van der Waals surface area contributed by atoms with Gasteiger partial charge in [0.1, 0.15) is 5.92 Å². The van der Waals surface area contributed by atoms with Gasteiger partial charge in [0.15, 0.2) is 5.78 Å². The van der Waals surface area contributed by atoms with Gasteiger partial charge in [0, 0.05) is 12.3 Å². The van der Waals surface area contributed by atoms with E-state index in [1.54, 1.807) is 12.1 Å². The standard InChI is InChI=1S/C18H22O6/c1-10-5-7-11(8-6-10)13-14(16(20)23-3)12(19)9-18(2,22)15(13)17(21)24-4/h5-8,13-15,22H,9H2,1-4H3/t13-,14+,15+,18-/m1/s1. The monoisotopic (exact) mass is 334 g/mol. The van der Waals surface area contributed by atoms with Crippen LogP contribution < -0.4 is 0 Å². The Bertz CT molecular complexity index is 646. The first-order chi connectivity index (χ1) is 11.2. The van der Waals surface area contributed by atoms with Crippen molar-refractivity contribution < 1.29 is 29.0 Å². The molecule has 0 aromatic heterocycles. The minimum Gasteiger partial charge on any atom is -0.469 e. The van der Waals surface area contributed by atoms with E-state index < -0.39 is 41.1 Å². The second kappa shape index (κ2) is 6.73. The highest BCUT2D eigenvalue weighted by atomic mass is 16.5. The summed E-state index contributed by atoms with van der Waals surface area (Å²) in [5, 5.41) is 10.7. The third-order valence-corrected chi connectivity index (χ3v) is 4.64. The second-order valence-electron chi connectivity index (χ2n) is 6.44. The van der Waals surface area contributed by atoms with Crippen molar-refractivity contribution in [2.45, 2.75) is 31.8 Å². The molecule has 1 saturated carbocycles. The zero-order chi connectivity index (χ0) is 18.1. The Morgan fingerprint density at radius 3 is 2.17 bits per heavy atom. The van der Waals surface area contributed by atoms with Crippen molar-refractivity contribution in [2.24, 2.45) is 11.8 Å². The lowest BCUT2D eigenvalue weighted by molar-refractivity contribution is -0.170. The lowest BCUT2D eigenvalue weighted by atomic mass is 9.61. The molecule has 0 amide bonds. The first kappa shape index (κ1) is 18.1. The Morgan fingerprint density at radius 1 is 1.12 bits per heavy atom. The number of aliphatic hydroxyl groups is 1. The van der Waals surface area contributed by atoms with Gasteiger partial charge in [0.25, 0.3) is 0 Å². The summed E-state index contributed by atoms with van der Waals surface area (Å²) in [5.74, 6) is -4.87. The average molecular weight is 334 g/mol. The maximum atomic E-state index is 12.5. The highest BCUT2D eigenvalue weighted by Crippen LogP contribution is 2.46. The zero-order valence-corrected chi connectivity index (χ0v) is 14.2. The van der Waals surface area contributed by atoms with Crippen molar-refractivity contribution in [3.05, 3.63) is 35.4 Å². The fraction of sp³-hybridized carbons (Fsp3) is 0.500. The Labute approximate surface area is 140 Å². The molecular formula is C18H22O6. The van der Waals surface area contributed by atoms with Crippen molar-refractivity contribution in [1.82, 2.24) is 0 Å². The molecule has 0 heterocycles. The van der Waals surface area contributed by atoms with Crippen LogP contribution in [0.25, 0.3) is 0 Å². The molecule has 0 aliphatic heterocycles. The van der Waals surface area contributed by atoms with Crippen LogP contribution in [0.4, 0.5) is 0 Å². The van der Waals surface area contributed by atoms with E-state index in [0.29, 0.717) is 5.56 Å². The van der Waals surface area contributed by atoms with Crippen LogP contribution in [0.1, 0.15) is 30.4 Å². The fourth-order valence-electron chi connectivity index (χ4n) is 3.46. The topological polar surface area (TPSA) is 89.9 Å². The summed E-state index contributed by atoms with van der Waals surface area (Å²) < 4.78 is 9.61. The molecule has 0 saturated heterocycles. The minimum atomic E-state index is -1.61. The van der Waals surface area contributed by atoms with Crippen molar-refractivity contribution in [3.63, 3.8) is 0 Å². The minimum absolute atomic E-state index is 0.311. The lowest BCUT2D eigenvalue weighted by Crippen LogP contribution is -2.55. The van der Waals surface area contributed by atoms with Crippen LogP contribution in [0.3, 0.4) is 0 Å². The predicted molar refractivity (Wildman–Crippen MR) is 85.2 cm³/mol. The van der Waals surface area contributed by atoms with Gasteiger partial charge in [-0.05, 0) is 19.4 Å². The molecule has 1 aliphatic carbocycles. The van der Waals surface area contributed by atoms with Crippen molar-refractivity contribution >= 4 is 17.7 Å². The summed E-state index contributed by atoms with van der Waals surface area (Å²) in [4.78, 5) is 37.1. The predicted octanol–water partition coefficient (Wildman–Crippen LogP) is 1.38. The number of hydrogen-bond donors (Lipinski definition) is 1. The number of ketones is 1. The summed E-state index contributed by atoms with van der Waals surface area (Å²) in [5.41, 5.74) is 0.00108. The Morgan fingerprint density at radius 2 is 1.67 bits per heavy atom. The van der Waals surface area contributed by atoms with E-state index >= 15 is 0 Å². The van der Waals surface area contributed by atoms with E-state index in [4.69, 9.17) is 9.47 Å². The highest BCUT2D eigenvalue weighted by molar-refractivity contribution is 6.02. The first-order valence-corrected chi connectivity index (χ1v) is 7.70. The maximum Gasteiger partial charge on any atom is 0.316 e. The summed E-state index contributed by atoms with van der Waals surface area (Å²) in [6, 6.07) is 7.15. The van der Waals surface area contributed by atoms with Gasteiger partial charge in [0.05, 0.1) is 25.7 Å². The maximum absolute atomic E-state index is 12.5.